The molecular formula is C19H27N5O. The average molecular weight is 341 g/mol. The third kappa shape index (κ3) is 3.79. The molecular weight excluding hydrogens is 314 g/mol. The number of ether oxygens (including phenoxy) is 1. The summed E-state index contributed by atoms with van der Waals surface area (Å²) in [6.07, 6.45) is 6.21. The van der Waals surface area contributed by atoms with Crippen LogP contribution in [-0.4, -0.2) is 47.3 Å². The normalized spacial score (nSPS) is 25.6. The number of para-hydroxylation sites is 2. The van der Waals surface area contributed by atoms with Gasteiger partial charge in [0.25, 0.3) is 0 Å². The zero-order chi connectivity index (χ0) is 17.1. The zero-order valence-corrected chi connectivity index (χ0v) is 14.8. The maximum Gasteiger partial charge on any atom is 0.191 e. The van der Waals surface area contributed by atoms with Gasteiger partial charge in [-0.1, -0.05) is 12.1 Å². The summed E-state index contributed by atoms with van der Waals surface area (Å²) in [6, 6.07) is 8.56. The van der Waals surface area contributed by atoms with Gasteiger partial charge in [0.05, 0.1) is 29.3 Å². The predicted molar refractivity (Wildman–Crippen MR) is 99.8 cm³/mol. The first-order chi connectivity index (χ1) is 12.3. The minimum atomic E-state index is 0.365. The Bertz CT molecular complexity index is 707. The first kappa shape index (κ1) is 16.4. The van der Waals surface area contributed by atoms with E-state index in [1.165, 1.54) is 12.8 Å². The lowest BCUT2D eigenvalue weighted by atomic mass is 9.96. The summed E-state index contributed by atoms with van der Waals surface area (Å²) < 4.78 is 5.92. The van der Waals surface area contributed by atoms with Crippen molar-refractivity contribution in [2.45, 2.75) is 57.3 Å². The number of guanidine groups is 1. The molecule has 6 nitrogen and oxygen atoms in total. The molecule has 2 aromatic rings. The van der Waals surface area contributed by atoms with E-state index in [9.17, 15) is 0 Å². The SMILES string of the molecule is CCNC(=NCCCc1nc2ccccc2[nH]1)NC1CC2CCC1O2. The van der Waals surface area contributed by atoms with Crippen molar-refractivity contribution < 1.29 is 4.74 Å². The molecule has 0 saturated carbocycles. The standard InChI is InChI=1S/C19H27N5O/c1-2-20-19(24-16-12-13-9-10-17(16)25-13)21-11-5-8-18-22-14-6-3-4-7-15(14)23-18/h3-4,6-7,13,16-17H,2,5,8-12H2,1H3,(H,22,23)(H2,20,21,24). The van der Waals surface area contributed by atoms with E-state index in [4.69, 9.17) is 9.73 Å². The largest absolute Gasteiger partial charge is 0.373 e. The predicted octanol–water partition coefficient (Wildman–Crippen LogP) is 2.37. The quantitative estimate of drug-likeness (QED) is 0.428. The van der Waals surface area contributed by atoms with Crippen molar-refractivity contribution in [3.05, 3.63) is 30.1 Å². The molecule has 6 heteroatoms. The van der Waals surface area contributed by atoms with Gasteiger partial charge in [-0.05, 0) is 44.7 Å². The molecule has 3 atom stereocenters. The molecule has 2 bridgehead atoms. The van der Waals surface area contributed by atoms with Gasteiger partial charge in [-0.25, -0.2) is 4.98 Å². The number of aromatic nitrogens is 2. The molecule has 2 aliphatic heterocycles. The number of imidazole rings is 1. The van der Waals surface area contributed by atoms with E-state index in [2.05, 4.69) is 33.6 Å². The van der Waals surface area contributed by atoms with E-state index in [1.54, 1.807) is 0 Å². The molecule has 4 rings (SSSR count). The van der Waals surface area contributed by atoms with Crippen LogP contribution >= 0.6 is 0 Å². The van der Waals surface area contributed by atoms with Crippen molar-refractivity contribution >= 4 is 17.0 Å². The van der Waals surface area contributed by atoms with Gasteiger partial charge in [-0.3, -0.25) is 4.99 Å². The van der Waals surface area contributed by atoms with E-state index in [0.29, 0.717) is 18.2 Å². The molecule has 2 aliphatic rings. The number of H-pyrrole nitrogens is 1. The van der Waals surface area contributed by atoms with Crippen LogP contribution in [0.2, 0.25) is 0 Å². The van der Waals surface area contributed by atoms with E-state index >= 15 is 0 Å². The number of nitrogens with one attached hydrogen (secondary N) is 3. The fourth-order valence-electron chi connectivity index (χ4n) is 3.85. The Hall–Kier alpha value is -2.08. The third-order valence-electron chi connectivity index (χ3n) is 5.05. The minimum absolute atomic E-state index is 0.365. The lowest BCUT2D eigenvalue weighted by Gasteiger charge is -2.22. The van der Waals surface area contributed by atoms with Crippen LogP contribution in [-0.2, 0) is 11.2 Å². The lowest BCUT2D eigenvalue weighted by Crippen LogP contribution is -2.47. The van der Waals surface area contributed by atoms with E-state index in [1.807, 2.05) is 18.2 Å². The molecule has 0 aliphatic carbocycles. The highest BCUT2D eigenvalue weighted by atomic mass is 16.5. The summed E-state index contributed by atoms with van der Waals surface area (Å²) in [5.41, 5.74) is 2.14. The van der Waals surface area contributed by atoms with Gasteiger partial charge in [0, 0.05) is 19.5 Å². The summed E-state index contributed by atoms with van der Waals surface area (Å²) in [5, 5.41) is 6.91. The van der Waals surface area contributed by atoms with Gasteiger partial charge < -0.3 is 20.4 Å². The van der Waals surface area contributed by atoms with Gasteiger partial charge >= 0.3 is 0 Å². The van der Waals surface area contributed by atoms with Crippen molar-refractivity contribution in [3.63, 3.8) is 0 Å². The summed E-state index contributed by atoms with van der Waals surface area (Å²) in [6.45, 7) is 3.76. The Labute approximate surface area is 148 Å². The Morgan fingerprint density at radius 2 is 2.28 bits per heavy atom. The van der Waals surface area contributed by atoms with Crippen LogP contribution in [0.25, 0.3) is 11.0 Å². The monoisotopic (exact) mass is 341 g/mol. The highest BCUT2D eigenvalue weighted by Gasteiger charge is 2.41. The molecule has 2 fully saturated rings. The van der Waals surface area contributed by atoms with Crippen molar-refractivity contribution in [1.82, 2.24) is 20.6 Å². The third-order valence-corrected chi connectivity index (χ3v) is 5.05. The summed E-state index contributed by atoms with van der Waals surface area (Å²) in [7, 11) is 0. The van der Waals surface area contributed by atoms with Crippen LogP contribution in [0.5, 0.6) is 0 Å². The summed E-state index contributed by atoms with van der Waals surface area (Å²) in [4.78, 5) is 12.7. The topological polar surface area (TPSA) is 74.3 Å². The van der Waals surface area contributed by atoms with Crippen molar-refractivity contribution in [1.29, 1.82) is 0 Å². The van der Waals surface area contributed by atoms with E-state index in [0.717, 1.165) is 55.2 Å². The molecule has 134 valence electrons. The second-order valence-corrected chi connectivity index (χ2v) is 6.93. The Kier molecular flexibility index (Phi) is 4.88. The second-order valence-electron chi connectivity index (χ2n) is 6.93. The number of aliphatic imine (C=N–C) groups is 1. The number of benzene rings is 1. The van der Waals surface area contributed by atoms with Crippen LogP contribution in [0.4, 0.5) is 0 Å². The smallest absolute Gasteiger partial charge is 0.191 e. The molecule has 0 amide bonds. The number of hydrogen-bond acceptors (Lipinski definition) is 3. The summed E-state index contributed by atoms with van der Waals surface area (Å²) in [5.74, 6) is 1.95. The van der Waals surface area contributed by atoms with Crippen LogP contribution < -0.4 is 10.6 Å². The van der Waals surface area contributed by atoms with Gasteiger partial charge in [-0.15, -0.1) is 0 Å². The van der Waals surface area contributed by atoms with Gasteiger partial charge in [0.1, 0.15) is 5.82 Å². The van der Waals surface area contributed by atoms with Gasteiger partial charge in [0.15, 0.2) is 5.96 Å². The highest BCUT2D eigenvalue weighted by Crippen LogP contribution is 2.34. The molecule has 1 aromatic carbocycles. The molecule has 1 aromatic heterocycles. The number of hydrogen-bond donors (Lipinski definition) is 3. The fraction of sp³-hybridized carbons (Fsp3) is 0.579. The van der Waals surface area contributed by atoms with Crippen LogP contribution in [0.3, 0.4) is 0 Å². The number of fused-ring (bicyclic) bond motifs is 3. The Morgan fingerprint density at radius 1 is 1.36 bits per heavy atom. The molecule has 25 heavy (non-hydrogen) atoms. The molecule has 2 saturated heterocycles. The number of aromatic amines is 1. The molecule has 3 N–H and O–H groups in total. The lowest BCUT2D eigenvalue weighted by molar-refractivity contribution is 0.0992. The first-order valence-corrected chi connectivity index (χ1v) is 9.46. The highest BCUT2D eigenvalue weighted by molar-refractivity contribution is 5.80. The minimum Gasteiger partial charge on any atom is -0.373 e. The molecule has 3 heterocycles. The number of nitrogens with zero attached hydrogens (tertiary/aromatic N) is 2. The van der Waals surface area contributed by atoms with Crippen LogP contribution in [0.1, 0.15) is 38.4 Å². The Balaban J connectivity index is 1.29. The summed E-state index contributed by atoms with van der Waals surface area (Å²) >= 11 is 0. The van der Waals surface area contributed by atoms with E-state index < -0.39 is 0 Å². The molecule has 0 spiro atoms. The van der Waals surface area contributed by atoms with Gasteiger partial charge in [-0.2, -0.15) is 0 Å². The number of rotatable bonds is 6. The molecule has 0 radical (unpaired) electrons. The average Bonchev–Trinajstić information content (AvgIpc) is 3.33. The van der Waals surface area contributed by atoms with Crippen LogP contribution in [0.15, 0.2) is 29.3 Å². The zero-order valence-electron chi connectivity index (χ0n) is 14.8. The van der Waals surface area contributed by atoms with Crippen LogP contribution in [0, 0.1) is 0 Å². The van der Waals surface area contributed by atoms with Crippen molar-refractivity contribution in [3.8, 4) is 0 Å². The van der Waals surface area contributed by atoms with Crippen molar-refractivity contribution in [2.24, 2.45) is 4.99 Å². The van der Waals surface area contributed by atoms with Crippen molar-refractivity contribution in [2.75, 3.05) is 13.1 Å². The molecule has 3 unspecified atom stereocenters. The maximum absolute atomic E-state index is 5.92. The first-order valence-electron chi connectivity index (χ1n) is 9.46. The van der Waals surface area contributed by atoms with Gasteiger partial charge in [0.2, 0.25) is 0 Å². The second kappa shape index (κ2) is 7.44. The Morgan fingerprint density at radius 3 is 3.04 bits per heavy atom. The van der Waals surface area contributed by atoms with E-state index in [-0.39, 0.29) is 0 Å². The maximum atomic E-state index is 5.92. The fourth-order valence-corrected chi connectivity index (χ4v) is 3.85. The number of aryl methyl sites for hydroxylation is 1.